The molecule has 1 heteroatoms. The Labute approximate surface area is 118 Å². The number of nitrogens with one attached hydrogen (secondary N) is 1. The molecule has 106 valence electrons. The van der Waals surface area contributed by atoms with Crippen LogP contribution < -0.4 is 5.32 Å². The van der Waals surface area contributed by atoms with Crippen LogP contribution in [0.25, 0.3) is 0 Å². The van der Waals surface area contributed by atoms with Gasteiger partial charge in [-0.25, -0.2) is 0 Å². The molecule has 19 heavy (non-hydrogen) atoms. The molecule has 1 fully saturated rings. The molecular formula is C18H29N. The van der Waals surface area contributed by atoms with Gasteiger partial charge in [-0.15, -0.1) is 0 Å². The van der Waals surface area contributed by atoms with Gasteiger partial charge in [-0.2, -0.15) is 0 Å². The van der Waals surface area contributed by atoms with Gasteiger partial charge in [-0.3, -0.25) is 0 Å². The minimum atomic E-state index is 0.254. The second-order valence-electron chi connectivity index (χ2n) is 6.89. The molecule has 1 aliphatic carbocycles. The van der Waals surface area contributed by atoms with Crippen LogP contribution in [0.2, 0.25) is 0 Å². The summed E-state index contributed by atoms with van der Waals surface area (Å²) in [5.74, 6) is 1.02. The van der Waals surface area contributed by atoms with Crippen molar-refractivity contribution >= 4 is 0 Å². The molecule has 2 rings (SSSR count). The number of benzene rings is 1. The Kier molecular flexibility index (Phi) is 5.04. The summed E-state index contributed by atoms with van der Waals surface area (Å²) in [6.07, 6.45) is 6.95. The first-order chi connectivity index (χ1) is 9.08. The van der Waals surface area contributed by atoms with E-state index in [1.54, 1.807) is 0 Å². The van der Waals surface area contributed by atoms with E-state index in [1.165, 1.54) is 44.2 Å². The first-order valence-electron chi connectivity index (χ1n) is 7.87. The molecule has 1 atom stereocenters. The lowest BCUT2D eigenvalue weighted by atomic mass is 9.79. The second-order valence-corrected chi connectivity index (χ2v) is 6.89. The lowest BCUT2D eigenvalue weighted by Gasteiger charge is -2.30. The third kappa shape index (κ3) is 4.35. The third-order valence-electron chi connectivity index (χ3n) is 4.64. The van der Waals surface area contributed by atoms with Gasteiger partial charge < -0.3 is 5.32 Å². The van der Waals surface area contributed by atoms with Gasteiger partial charge in [0.1, 0.15) is 0 Å². The number of hydrogen-bond acceptors (Lipinski definition) is 1. The summed E-state index contributed by atoms with van der Waals surface area (Å²) in [6, 6.07) is 11.5. The monoisotopic (exact) mass is 259 g/mol. The van der Waals surface area contributed by atoms with Crippen molar-refractivity contribution in [3.05, 3.63) is 35.9 Å². The van der Waals surface area contributed by atoms with Crippen LogP contribution in [0.15, 0.2) is 30.3 Å². The smallest absolute Gasteiger partial charge is 0.00470 e. The average molecular weight is 259 g/mol. The zero-order chi connectivity index (χ0) is 13.7. The zero-order valence-electron chi connectivity index (χ0n) is 12.8. The van der Waals surface area contributed by atoms with Crippen LogP contribution in [-0.4, -0.2) is 12.6 Å². The molecule has 0 bridgehead atoms. The Balaban J connectivity index is 1.75. The van der Waals surface area contributed by atoms with E-state index in [9.17, 15) is 0 Å². The molecule has 0 aromatic heterocycles. The summed E-state index contributed by atoms with van der Waals surface area (Å²) in [5.41, 5.74) is 1.70. The summed E-state index contributed by atoms with van der Waals surface area (Å²) in [6.45, 7) is 8.22. The summed E-state index contributed by atoms with van der Waals surface area (Å²) in [5, 5.41) is 3.71. The van der Waals surface area contributed by atoms with Gasteiger partial charge in [0.2, 0.25) is 0 Å². The van der Waals surface area contributed by atoms with Gasteiger partial charge in [0, 0.05) is 6.04 Å². The highest BCUT2D eigenvalue weighted by Crippen LogP contribution is 2.30. The fraction of sp³-hybridized carbons (Fsp3) is 0.667. The van der Waals surface area contributed by atoms with Gasteiger partial charge in [0.15, 0.2) is 0 Å². The number of rotatable bonds is 7. The van der Waals surface area contributed by atoms with E-state index in [1.807, 2.05) is 0 Å². The van der Waals surface area contributed by atoms with Crippen molar-refractivity contribution < 1.29 is 0 Å². The minimum absolute atomic E-state index is 0.254. The van der Waals surface area contributed by atoms with Crippen molar-refractivity contribution in [2.45, 2.75) is 64.3 Å². The first kappa shape index (κ1) is 14.6. The molecule has 1 unspecified atom stereocenters. The van der Waals surface area contributed by atoms with Crippen LogP contribution in [0.5, 0.6) is 0 Å². The Morgan fingerprint density at radius 3 is 2.47 bits per heavy atom. The molecule has 1 aromatic carbocycles. The van der Waals surface area contributed by atoms with Crippen molar-refractivity contribution in [1.82, 2.24) is 5.32 Å². The van der Waals surface area contributed by atoms with Crippen LogP contribution in [-0.2, 0) is 5.41 Å². The molecule has 1 aromatic rings. The highest BCUT2D eigenvalue weighted by Gasteiger charge is 2.23. The Bertz CT molecular complexity index is 365. The Morgan fingerprint density at radius 2 is 1.89 bits per heavy atom. The van der Waals surface area contributed by atoms with Crippen molar-refractivity contribution in [2.75, 3.05) is 6.54 Å². The molecule has 0 spiro atoms. The topological polar surface area (TPSA) is 12.0 Å². The minimum Gasteiger partial charge on any atom is -0.314 e. The van der Waals surface area contributed by atoms with Gasteiger partial charge in [0.05, 0.1) is 0 Å². The first-order valence-corrected chi connectivity index (χ1v) is 7.87. The highest BCUT2D eigenvalue weighted by molar-refractivity contribution is 5.23. The summed E-state index contributed by atoms with van der Waals surface area (Å²) >= 11 is 0. The maximum absolute atomic E-state index is 3.71. The standard InChI is InChI=1S/C18H29N/c1-15(19-13-12-16-8-7-9-16)14-18(2,3)17-10-5-4-6-11-17/h4-6,10-11,15-16,19H,7-9,12-14H2,1-3H3. The fourth-order valence-electron chi connectivity index (χ4n) is 3.16. The lowest BCUT2D eigenvalue weighted by molar-refractivity contribution is 0.283. The maximum atomic E-state index is 3.71. The molecule has 1 N–H and O–H groups in total. The van der Waals surface area contributed by atoms with Crippen LogP contribution in [0.3, 0.4) is 0 Å². The van der Waals surface area contributed by atoms with E-state index in [2.05, 4.69) is 56.4 Å². The summed E-state index contributed by atoms with van der Waals surface area (Å²) in [4.78, 5) is 0. The van der Waals surface area contributed by atoms with Crippen LogP contribution in [0.4, 0.5) is 0 Å². The van der Waals surface area contributed by atoms with E-state index < -0.39 is 0 Å². The Hall–Kier alpha value is -0.820. The SMILES string of the molecule is CC(CC(C)(C)c1ccccc1)NCCC1CCC1. The summed E-state index contributed by atoms with van der Waals surface area (Å²) < 4.78 is 0. The van der Waals surface area contributed by atoms with Crippen molar-refractivity contribution in [3.8, 4) is 0 Å². The van der Waals surface area contributed by atoms with Crippen LogP contribution >= 0.6 is 0 Å². The van der Waals surface area contributed by atoms with E-state index in [0.29, 0.717) is 6.04 Å². The van der Waals surface area contributed by atoms with Crippen molar-refractivity contribution in [2.24, 2.45) is 5.92 Å². The number of hydrogen-bond donors (Lipinski definition) is 1. The van der Waals surface area contributed by atoms with Gasteiger partial charge >= 0.3 is 0 Å². The maximum Gasteiger partial charge on any atom is 0.00470 e. The van der Waals surface area contributed by atoms with E-state index in [0.717, 1.165) is 5.92 Å². The third-order valence-corrected chi connectivity index (χ3v) is 4.64. The molecule has 0 radical (unpaired) electrons. The molecule has 1 saturated carbocycles. The predicted molar refractivity (Wildman–Crippen MR) is 83.5 cm³/mol. The van der Waals surface area contributed by atoms with Crippen LogP contribution in [0, 0.1) is 5.92 Å². The zero-order valence-corrected chi connectivity index (χ0v) is 12.8. The summed E-state index contributed by atoms with van der Waals surface area (Å²) in [7, 11) is 0. The second kappa shape index (κ2) is 6.56. The molecule has 0 amide bonds. The Morgan fingerprint density at radius 1 is 1.21 bits per heavy atom. The van der Waals surface area contributed by atoms with Gasteiger partial charge in [-0.05, 0) is 43.2 Å². The fourth-order valence-corrected chi connectivity index (χ4v) is 3.16. The molecular weight excluding hydrogens is 230 g/mol. The quantitative estimate of drug-likeness (QED) is 0.759. The molecule has 1 nitrogen and oxygen atoms in total. The van der Waals surface area contributed by atoms with Crippen molar-refractivity contribution in [1.29, 1.82) is 0 Å². The van der Waals surface area contributed by atoms with Gasteiger partial charge in [0.25, 0.3) is 0 Å². The van der Waals surface area contributed by atoms with E-state index in [4.69, 9.17) is 0 Å². The molecule has 0 aliphatic heterocycles. The lowest BCUT2D eigenvalue weighted by Crippen LogP contribution is -2.34. The van der Waals surface area contributed by atoms with E-state index in [-0.39, 0.29) is 5.41 Å². The predicted octanol–water partition coefficient (Wildman–Crippen LogP) is 4.52. The van der Waals surface area contributed by atoms with E-state index >= 15 is 0 Å². The normalized spacial score (nSPS) is 18.1. The van der Waals surface area contributed by atoms with Gasteiger partial charge in [-0.1, -0.05) is 63.4 Å². The average Bonchev–Trinajstić information content (AvgIpc) is 2.33. The highest BCUT2D eigenvalue weighted by atomic mass is 14.9. The molecule has 0 saturated heterocycles. The van der Waals surface area contributed by atoms with Crippen LogP contribution in [0.1, 0.15) is 58.4 Å². The molecule has 1 aliphatic rings. The largest absolute Gasteiger partial charge is 0.314 e. The van der Waals surface area contributed by atoms with Crippen molar-refractivity contribution in [3.63, 3.8) is 0 Å². The molecule has 0 heterocycles.